The Kier molecular flexibility index (Phi) is 3.37. The van der Waals surface area contributed by atoms with Crippen LogP contribution in [-0.2, 0) is 0 Å². The number of halogens is 1. The number of aromatic nitrogens is 1. The van der Waals surface area contributed by atoms with E-state index in [4.69, 9.17) is 0 Å². The van der Waals surface area contributed by atoms with Crippen molar-refractivity contribution in [3.05, 3.63) is 22.8 Å². The van der Waals surface area contributed by atoms with Crippen molar-refractivity contribution < 1.29 is 0 Å². The molecule has 1 saturated carbocycles. The van der Waals surface area contributed by atoms with Crippen LogP contribution in [0, 0.1) is 5.92 Å². The highest BCUT2D eigenvalue weighted by Crippen LogP contribution is 2.37. The molecule has 0 N–H and O–H groups in total. The van der Waals surface area contributed by atoms with Crippen LogP contribution in [0.25, 0.3) is 0 Å². The Labute approximate surface area is 112 Å². The number of rotatable bonds is 1. The molecule has 1 saturated heterocycles. The molecule has 1 aromatic rings. The van der Waals surface area contributed by atoms with E-state index in [1.807, 2.05) is 6.07 Å². The quantitative estimate of drug-likeness (QED) is 0.728. The average Bonchev–Trinajstić information content (AvgIpc) is 2.38. The smallest absolute Gasteiger partial charge is 0.130 e. The Bertz CT molecular complexity index is 392. The van der Waals surface area contributed by atoms with Crippen molar-refractivity contribution >= 4 is 21.7 Å². The molecule has 0 spiro atoms. The topological polar surface area (TPSA) is 16.1 Å². The maximum atomic E-state index is 4.63. The molecule has 2 atom stereocenters. The van der Waals surface area contributed by atoms with E-state index >= 15 is 0 Å². The molecule has 2 heterocycles. The van der Waals surface area contributed by atoms with E-state index in [2.05, 4.69) is 37.9 Å². The van der Waals surface area contributed by atoms with Gasteiger partial charge in [-0.15, -0.1) is 0 Å². The van der Waals surface area contributed by atoms with E-state index in [1.165, 1.54) is 45.1 Å². The molecule has 2 nitrogen and oxygen atoms in total. The van der Waals surface area contributed by atoms with Crippen LogP contribution in [-0.4, -0.2) is 17.6 Å². The molecule has 3 rings (SSSR count). The second-order valence-electron chi connectivity index (χ2n) is 5.27. The minimum absolute atomic E-state index is 0.749. The summed E-state index contributed by atoms with van der Waals surface area (Å²) >= 11 is 3.48. The Balaban J connectivity index is 1.85. The summed E-state index contributed by atoms with van der Waals surface area (Å²) in [5, 5.41) is 0. The summed E-state index contributed by atoms with van der Waals surface area (Å²) in [6, 6.07) is 7.01. The van der Waals surface area contributed by atoms with Crippen molar-refractivity contribution in [3.8, 4) is 0 Å². The maximum absolute atomic E-state index is 4.63. The summed E-state index contributed by atoms with van der Waals surface area (Å²) in [5.41, 5.74) is 0. The average molecular weight is 295 g/mol. The van der Waals surface area contributed by atoms with Crippen molar-refractivity contribution in [2.45, 2.75) is 44.6 Å². The van der Waals surface area contributed by atoms with Gasteiger partial charge in [-0.1, -0.05) is 18.9 Å². The van der Waals surface area contributed by atoms with Gasteiger partial charge in [0.15, 0.2) is 0 Å². The molecule has 1 aliphatic heterocycles. The molecule has 0 bridgehead atoms. The standard InChI is InChI=1S/C14H19BrN2/c15-13-8-3-9-14(16-13)17-10-4-6-11-5-1-2-7-12(11)17/h3,8-9,11-12H,1-2,4-7,10H2. The molecule has 0 radical (unpaired) electrons. The monoisotopic (exact) mass is 294 g/mol. The lowest BCUT2D eigenvalue weighted by Crippen LogP contribution is -2.47. The van der Waals surface area contributed by atoms with Gasteiger partial charge < -0.3 is 4.90 Å². The Hall–Kier alpha value is -0.570. The van der Waals surface area contributed by atoms with Gasteiger partial charge in [-0.05, 0) is 59.7 Å². The second kappa shape index (κ2) is 4.97. The zero-order valence-corrected chi connectivity index (χ0v) is 11.7. The number of hydrogen-bond acceptors (Lipinski definition) is 2. The second-order valence-corrected chi connectivity index (χ2v) is 6.08. The molecule has 0 amide bonds. The lowest BCUT2D eigenvalue weighted by Gasteiger charge is -2.44. The summed E-state index contributed by atoms with van der Waals surface area (Å²) in [5.74, 6) is 2.08. The maximum Gasteiger partial charge on any atom is 0.130 e. The third-order valence-corrected chi connectivity index (χ3v) is 4.68. The summed E-state index contributed by atoms with van der Waals surface area (Å²) in [6.07, 6.45) is 8.37. The first-order valence-corrected chi connectivity index (χ1v) is 7.53. The molecule has 0 aromatic carbocycles. The highest BCUT2D eigenvalue weighted by Gasteiger charge is 2.33. The number of anilines is 1. The van der Waals surface area contributed by atoms with Crippen LogP contribution in [0.3, 0.4) is 0 Å². The Morgan fingerprint density at radius 2 is 1.94 bits per heavy atom. The molecule has 17 heavy (non-hydrogen) atoms. The normalized spacial score (nSPS) is 28.9. The fourth-order valence-electron chi connectivity index (χ4n) is 3.47. The third kappa shape index (κ3) is 2.35. The van der Waals surface area contributed by atoms with E-state index in [9.17, 15) is 0 Å². The molecule has 1 aromatic heterocycles. The van der Waals surface area contributed by atoms with Crippen molar-refractivity contribution in [2.75, 3.05) is 11.4 Å². The third-order valence-electron chi connectivity index (χ3n) is 4.24. The van der Waals surface area contributed by atoms with E-state index in [0.29, 0.717) is 0 Å². The number of nitrogens with zero attached hydrogens (tertiary/aromatic N) is 2. The molecule has 2 fully saturated rings. The number of hydrogen-bond donors (Lipinski definition) is 0. The molecule has 1 aliphatic carbocycles. The van der Waals surface area contributed by atoms with Crippen LogP contribution in [0.1, 0.15) is 38.5 Å². The summed E-state index contributed by atoms with van der Waals surface area (Å²) < 4.78 is 0.952. The molecule has 2 unspecified atom stereocenters. The van der Waals surface area contributed by atoms with Crippen LogP contribution in [0.5, 0.6) is 0 Å². The number of pyridine rings is 1. The van der Waals surface area contributed by atoms with Gasteiger partial charge in [-0.25, -0.2) is 4.98 Å². The van der Waals surface area contributed by atoms with E-state index in [0.717, 1.165) is 22.4 Å². The largest absolute Gasteiger partial charge is 0.353 e. The molecule has 2 aliphatic rings. The van der Waals surface area contributed by atoms with E-state index in [-0.39, 0.29) is 0 Å². The molecule has 92 valence electrons. The van der Waals surface area contributed by atoms with Crippen LogP contribution in [0.15, 0.2) is 22.8 Å². The van der Waals surface area contributed by atoms with Crippen molar-refractivity contribution in [3.63, 3.8) is 0 Å². The minimum Gasteiger partial charge on any atom is -0.353 e. The van der Waals surface area contributed by atoms with Gasteiger partial charge in [-0.3, -0.25) is 0 Å². The first kappa shape index (κ1) is 11.5. The first-order valence-electron chi connectivity index (χ1n) is 6.74. The van der Waals surface area contributed by atoms with Crippen molar-refractivity contribution in [2.24, 2.45) is 5.92 Å². The Morgan fingerprint density at radius 3 is 2.82 bits per heavy atom. The summed E-state index contributed by atoms with van der Waals surface area (Å²) in [6.45, 7) is 1.19. The van der Waals surface area contributed by atoms with E-state index < -0.39 is 0 Å². The predicted octanol–water partition coefficient (Wildman–Crippen LogP) is 4.00. The van der Waals surface area contributed by atoms with Gasteiger partial charge in [0.25, 0.3) is 0 Å². The van der Waals surface area contributed by atoms with Crippen molar-refractivity contribution in [1.29, 1.82) is 0 Å². The molecular formula is C14H19BrN2. The predicted molar refractivity (Wildman–Crippen MR) is 74.3 cm³/mol. The van der Waals surface area contributed by atoms with Crippen LogP contribution >= 0.6 is 15.9 Å². The highest BCUT2D eigenvalue weighted by molar-refractivity contribution is 9.10. The van der Waals surface area contributed by atoms with Gasteiger partial charge in [-0.2, -0.15) is 0 Å². The highest BCUT2D eigenvalue weighted by atomic mass is 79.9. The van der Waals surface area contributed by atoms with Crippen LogP contribution < -0.4 is 4.90 Å². The van der Waals surface area contributed by atoms with Gasteiger partial charge in [0, 0.05) is 12.6 Å². The fraction of sp³-hybridized carbons (Fsp3) is 0.643. The lowest BCUT2D eigenvalue weighted by molar-refractivity contribution is 0.242. The zero-order chi connectivity index (χ0) is 11.7. The van der Waals surface area contributed by atoms with Gasteiger partial charge >= 0.3 is 0 Å². The van der Waals surface area contributed by atoms with Crippen LogP contribution in [0.2, 0.25) is 0 Å². The summed E-state index contributed by atoms with van der Waals surface area (Å²) in [7, 11) is 0. The van der Waals surface area contributed by atoms with Crippen LogP contribution in [0.4, 0.5) is 5.82 Å². The SMILES string of the molecule is Brc1cccc(N2CCCC3CCCCC32)n1. The van der Waals surface area contributed by atoms with Gasteiger partial charge in [0.05, 0.1) is 0 Å². The van der Waals surface area contributed by atoms with Crippen molar-refractivity contribution in [1.82, 2.24) is 4.98 Å². The van der Waals surface area contributed by atoms with Gasteiger partial charge in [0.2, 0.25) is 0 Å². The fourth-order valence-corrected chi connectivity index (χ4v) is 3.80. The minimum atomic E-state index is 0.749. The zero-order valence-electron chi connectivity index (χ0n) is 10.1. The Morgan fingerprint density at radius 1 is 1.12 bits per heavy atom. The van der Waals surface area contributed by atoms with Gasteiger partial charge in [0.1, 0.15) is 10.4 Å². The molecule has 3 heteroatoms. The number of fused-ring (bicyclic) bond motifs is 1. The molecular weight excluding hydrogens is 276 g/mol. The lowest BCUT2D eigenvalue weighted by atomic mass is 9.78. The summed E-state index contributed by atoms with van der Waals surface area (Å²) in [4.78, 5) is 7.18. The van der Waals surface area contributed by atoms with E-state index in [1.54, 1.807) is 0 Å². The first-order chi connectivity index (χ1) is 8.34. The number of piperidine rings is 1.